The molecule has 1 aliphatic carbocycles. The fourth-order valence-corrected chi connectivity index (χ4v) is 3.48. The van der Waals surface area contributed by atoms with Crippen LogP contribution in [-0.4, -0.2) is 29.8 Å². The first kappa shape index (κ1) is 21.6. The Morgan fingerprint density at radius 2 is 2.03 bits per heavy atom. The van der Waals surface area contributed by atoms with E-state index in [9.17, 15) is 4.79 Å². The molecule has 1 heterocycles. The van der Waals surface area contributed by atoms with Crippen molar-refractivity contribution in [2.75, 3.05) is 13.2 Å². The lowest BCUT2D eigenvalue weighted by atomic mass is 9.95. The SMILES string of the molecule is CCCCOc1c(C2CC2)cc2ncccc2c1C(OC(C)(C)C)C(=O)OCC. The molecule has 1 aromatic carbocycles. The third-order valence-electron chi connectivity index (χ3n) is 4.92. The Morgan fingerprint density at radius 1 is 1.28 bits per heavy atom. The molecule has 0 saturated heterocycles. The van der Waals surface area contributed by atoms with E-state index in [1.807, 2.05) is 39.8 Å². The predicted octanol–water partition coefficient (Wildman–Crippen LogP) is 5.71. The fraction of sp³-hybridized carbons (Fsp3) is 0.583. The van der Waals surface area contributed by atoms with Crippen LogP contribution in [0.15, 0.2) is 24.4 Å². The summed E-state index contributed by atoms with van der Waals surface area (Å²) in [6.45, 7) is 10.7. The molecule has 158 valence electrons. The summed E-state index contributed by atoms with van der Waals surface area (Å²) in [5, 5.41) is 0.880. The van der Waals surface area contributed by atoms with E-state index < -0.39 is 11.7 Å². The van der Waals surface area contributed by atoms with Gasteiger partial charge in [-0.15, -0.1) is 0 Å². The van der Waals surface area contributed by atoms with Gasteiger partial charge in [-0.3, -0.25) is 4.98 Å². The predicted molar refractivity (Wildman–Crippen MR) is 114 cm³/mol. The standard InChI is InChI=1S/C24H33NO4/c1-6-8-14-28-21-18(16-11-12-16)15-19-17(10-9-13-25-19)20(21)22(23(26)27-7-2)29-24(3,4)5/h9-10,13,15-16,22H,6-8,11-12,14H2,1-5H3. The second-order valence-electron chi connectivity index (χ2n) is 8.62. The average Bonchev–Trinajstić information content (AvgIpc) is 3.50. The molecule has 2 aromatic rings. The van der Waals surface area contributed by atoms with Crippen molar-refractivity contribution in [1.82, 2.24) is 4.98 Å². The number of fused-ring (bicyclic) bond motifs is 1. The van der Waals surface area contributed by atoms with Crippen LogP contribution in [0.1, 0.15) is 83.5 Å². The summed E-state index contributed by atoms with van der Waals surface area (Å²) in [4.78, 5) is 17.6. The second-order valence-corrected chi connectivity index (χ2v) is 8.62. The first-order valence-corrected chi connectivity index (χ1v) is 10.7. The maximum Gasteiger partial charge on any atom is 0.340 e. The van der Waals surface area contributed by atoms with Gasteiger partial charge in [0, 0.05) is 17.1 Å². The number of pyridine rings is 1. The highest BCUT2D eigenvalue weighted by Crippen LogP contribution is 2.49. The Kier molecular flexibility index (Phi) is 6.78. The van der Waals surface area contributed by atoms with E-state index in [1.165, 1.54) is 0 Å². The summed E-state index contributed by atoms with van der Waals surface area (Å²) in [6, 6.07) is 5.99. The molecule has 1 aliphatic rings. The number of nitrogens with zero attached hydrogens (tertiary/aromatic N) is 1. The number of hydrogen-bond donors (Lipinski definition) is 0. The van der Waals surface area contributed by atoms with E-state index in [0.29, 0.717) is 19.1 Å². The van der Waals surface area contributed by atoms with Gasteiger partial charge < -0.3 is 14.2 Å². The maximum absolute atomic E-state index is 13.0. The third kappa shape index (κ3) is 5.27. The Morgan fingerprint density at radius 3 is 2.66 bits per heavy atom. The first-order chi connectivity index (χ1) is 13.9. The Hall–Kier alpha value is -2.14. The Labute approximate surface area is 173 Å². The zero-order valence-electron chi connectivity index (χ0n) is 18.3. The van der Waals surface area contributed by atoms with Crippen molar-refractivity contribution in [1.29, 1.82) is 0 Å². The average molecular weight is 400 g/mol. The van der Waals surface area contributed by atoms with Gasteiger partial charge in [0.2, 0.25) is 0 Å². The van der Waals surface area contributed by atoms with Crippen LogP contribution in [0.4, 0.5) is 0 Å². The van der Waals surface area contributed by atoms with Crippen LogP contribution in [0.2, 0.25) is 0 Å². The van der Waals surface area contributed by atoms with E-state index in [2.05, 4.69) is 18.0 Å². The van der Waals surface area contributed by atoms with Gasteiger partial charge in [0.1, 0.15) is 5.75 Å². The van der Waals surface area contributed by atoms with Crippen molar-refractivity contribution >= 4 is 16.9 Å². The second kappa shape index (κ2) is 9.12. The quantitative estimate of drug-likeness (QED) is 0.399. The highest BCUT2D eigenvalue weighted by atomic mass is 16.6. The number of aromatic nitrogens is 1. The molecular formula is C24H33NO4. The van der Waals surface area contributed by atoms with E-state index in [4.69, 9.17) is 14.2 Å². The molecule has 0 amide bonds. The Balaban J connectivity index is 2.21. The molecule has 0 radical (unpaired) electrons. The van der Waals surface area contributed by atoms with Gasteiger partial charge >= 0.3 is 5.97 Å². The number of carbonyl (C=O) groups excluding carboxylic acids is 1. The monoisotopic (exact) mass is 399 g/mol. The first-order valence-electron chi connectivity index (χ1n) is 10.7. The van der Waals surface area contributed by atoms with Gasteiger partial charge in [0.05, 0.1) is 24.3 Å². The molecule has 5 nitrogen and oxygen atoms in total. The maximum atomic E-state index is 13.0. The smallest absolute Gasteiger partial charge is 0.340 e. The molecule has 1 atom stereocenters. The van der Waals surface area contributed by atoms with E-state index in [1.54, 1.807) is 6.20 Å². The molecule has 1 aromatic heterocycles. The number of hydrogen-bond acceptors (Lipinski definition) is 5. The highest BCUT2D eigenvalue weighted by Gasteiger charge is 2.36. The molecule has 0 aliphatic heterocycles. The van der Waals surface area contributed by atoms with Gasteiger partial charge in [-0.05, 0) is 70.6 Å². The number of esters is 1. The van der Waals surface area contributed by atoms with Crippen molar-refractivity contribution in [2.45, 2.75) is 77.9 Å². The van der Waals surface area contributed by atoms with Crippen molar-refractivity contribution in [3.63, 3.8) is 0 Å². The molecule has 1 unspecified atom stereocenters. The zero-order valence-corrected chi connectivity index (χ0v) is 18.3. The van der Waals surface area contributed by atoms with Gasteiger partial charge in [-0.1, -0.05) is 19.4 Å². The van der Waals surface area contributed by atoms with Crippen LogP contribution in [0, 0.1) is 0 Å². The van der Waals surface area contributed by atoms with Crippen molar-refractivity contribution in [2.24, 2.45) is 0 Å². The molecular weight excluding hydrogens is 366 g/mol. The fourth-order valence-electron chi connectivity index (χ4n) is 3.48. The van der Waals surface area contributed by atoms with E-state index in [-0.39, 0.29) is 5.97 Å². The molecule has 29 heavy (non-hydrogen) atoms. The van der Waals surface area contributed by atoms with Crippen LogP contribution in [0.5, 0.6) is 5.75 Å². The van der Waals surface area contributed by atoms with Gasteiger partial charge in [0.25, 0.3) is 0 Å². The summed E-state index contributed by atoms with van der Waals surface area (Å²) in [5.74, 6) is 0.846. The zero-order chi connectivity index (χ0) is 21.0. The van der Waals surface area contributed by atoms with Crippen molar-refractivity contribution in [3.8, 4) is 5.75 Å². The molecule has 1 fully saturated rings. The van der Waals surface area contributed by atoms with Crippen LogP contribution >= 0.6 is 0 Å². The lowest BCUT2D eigenvalue weighted by Gasteiger charge is -2.29. The van der Waals surface area contributed by atoms with Gasteiger partial charge in [-0.2, -0.15) is 0 Å². The summed E-state index contributed by atoms with van der Waals surface area (Å²) < 4.78 is 18.0. The minimum absolute atomic E-state index is 0.299. The molecule has 0 spiro atoms. The summed E-state index contributed by atoms with van der Waals surface area (Å²) >= 11 is 0. The molecule has 3 rings (SSSR count). The lowest BCUT2D eigenvalue weighted by Crippen LogP contribution is -2.29. The number of benzene rings is 1. The topological polar surface area (TPSA) is 57.7 Å². The number of ether oxygens (including phenoxy) is 3. The highest BCUT2D eigenvalue weighted by molar-refractivity contribution is 5.92. The van der Waals surface area contributed by atoms with Gasteiger partial charge in [-0.25, -0.2) is 4.79 Å². The summed E-state index contributed by atoms with van der Waals surface area (Å²) in [7, 11) is 0. The van der Waals surface area contributed by atoms with Crippen LogP contribution < -0.4 is 4.74 Å². The largest absolute Gasteiger partial charge is 0.493 e. The van der Waals surface area contributed by atoms with Crippen LogP contribution in [0.3, 0.4) is 0 Å². The van der Waals surface area contributed by atoms with Crippen molar-refractivity contribution < 1.29 is 19.0 Å². The van der Waals surface area contributed by atoms with E-state index >= 15 is 0 Å². The minimum atomic E-state index is -0.864. The molecule has 0 bridgehead atoms. The molecule has 1 saturated carbocycles. The third-order valence-corrected chi connectivity index (χ3v) is 4.92. The molecule has 0 N–H and O–H groups in total. The van der Waals surface area contributed by atoms with Crippen LogP contribution in [0.25, 0.3) is 10.9 Å². The van der Waals surface area contributed by atoms with E-state index in [0.717, 1.165) is 53.5 Å². The Bertz CT molecular complexity index is 852. The van der Waals surface area contributed by atoms with Crippen molar-refractivity contribution in [3.05, 3.63) is 35.5 Å². The normalized spacial score (nSPS) is 15.3. The summed E-state index contributed by atoms with van der Waals surface area (Å²) in [5.41, 5.74) is 2.22. The number of unbranched alkanes of at least 4 members (excludes halogenated alkanes) is 1. The van der Waals surface area contributed by atoms with Gasteiger partial charge in [0.15, 0.2) is 6.10 Å². The van der Waals surface area contributed by atoms with Crippen LogP contribution in [-0.2, 0) is 14.3 Å². The summed E-state index contributed by atoms with van der Waals surface area (Å²) in [6.07, 6.45) is 5.18. The molecule has 5 heteroatoms. The number of rotatable bonds is 9. The lowest BCUT2D eigenvalue weighted by molar-refractivity contribution is -0.166. The minimum Gasteiger partial charge on any atom is -0.493 e. The number of carbonyl (C=O) groups is 1.